The first-order valence-corrected chi connectivity index (χ1v) is 7.32. The second kappa shape index (κ2) is 8.07. The summed E-state index contributed by atoms with van der Waals surface area (Å²) < 4.78 is 0.911. The number of carboxylic acid groups (broad SMARTS) is 1. The van der Waals surface area contributed by atoms with Crippen LogP contribution in [0.5, 0.6) is 0 Å². The molecule has 3 N–H and O–H groups in total. The number of benzene rings is 1. The molecule has 124 valence electrons. The molecule has 7 nitrogen and oxygen atoms in total. The number of aromatic nitrogens is 1. The molecule has 0 bridgehead atoms. The van der Waals surface area contributed by atoms with Gasteiger partial charge in [0.1, 0.15) is 12.4 Å². The Morgan fingerprint density at radius 1 is 1.21 bits per heavy atom. The van der Waals surface area contributed by atoms with Gasteiger partial charge in [-0.15, -0.1) is 0 Å². The summed E-state index contributed by atoms with van der Waals surface area (Å²) in [6, 6.07) is 10.3. The van der Waals surface area contributed by atoms with Crippen molar-refractivity contribution in [3.63, 3.8) is 0 Å². The Morgan fingerprint density at radius 3 is 2.42 bits per heavy atom. The monoisotopic (exact) mass is 346 g/mol. The van der Waals surface area contributed by atoms with Gasteiger partial charge >= 0.3 is 5.97 Å². The number of pyridine rings is 1. The molecule has 2 rings (SSSR count). The van der Waals surface area contributed by atoms with Gasteiger partial charge in [0.2, 0.25) is 5.91 Å². The van der Waals surface area contributed by atoms with E-state index in [0.717, 1.165) is 4.42 Å². The summed E-state index contributed by atoms with van der Waals surface area (Å²) >= 11 is 5.95. The number of amides is 1. The number of hydrogen-bond donors (Lipinski definition) is 3. The van der Waals surface area contributed by atoms with E-state index in [0.29, 0.717) is 11.1 Å². The van der Waals surface area contributed by atoms with Gasteiger partial charge in [0, 0.05) is 29.7 Å². The van der Waals surface area contributed by atoms with Crippen molar-refractivity contribution in [2.75, 3.05) is 6.54 Å². The van der Waals surface area contributed by atoms with Gasteiger partial charge in [0.25, 0.3) is 0 Å². The number of nitrogens with zero attached hydrogens (tertiary/aromatic N) is 2. The van der Waals surface area contributed by atoms with Gasteiger partial charge in [-0.1, -0.05) is 30.3 Å². The summed E-state index contributed by atoms with van der Waals surface area (Å²) in [7, 11) is 0. The normalized spacial score (nSPS) is 11.4. The molecule has 0 spiro atoms. The summed E-state index contributed by atoms with van der Waals surface area (Å²) in [5, 5.41) is 19.6. The summed E-state index contributed by atoms with van der Waals surface area (Å²) in [4.78, 5) is 27.3. The van der Waals surface area contributed by atoms with Gasteiger partial charge < -0.3 is 10.4 Å². The molecule has 8 heteroatoms. The maximum atomic E-state index is 12.1. The van der Waals surface area contributed by atoms with Crippen molar-refractivity contribution in [1.29, 1.82) is 5.41 Å². The Labute approximate surface area is 143 Å². The standard InChI is InChI=1S/C16H15ClN4O3/c17-21(15(18)12-6-8-19-9-7-12)10-13(22)20-14(16(23)24)11-4-2-1-3-5-11/h1-9,14,18H,10H2,(H,20,22)(H,23,24)/t14-/m1/s1. The number of rotatable bonds is 6. The Balaban J connectivity index is 2.01. The third-order valence-corrected chi connectivity index (χ3v) is 3.45. The molecule has 1 heterocycles. The Bertz CT molecular complexity index is 725. The van der Waals surface area contributed by atoms with Crippen LogP contribution in [-0.2, 0) is 9.59 Å². The van der Waals surface area contributed by atoms with Gasteiger partial charge in [-0.3, -0.25) is 19.6 Å². The summed E-state index contributed by atoms with van der Waals surface area (Å²) in [5.74, 6) is -1.87. The number of carboxylic acids is 1. The van der Waals surface area contributed by atoms with E-state index in [-0.39, 0.29) is 12.4 Å². The van der Waals surface area contributed by atoms with Crippen LogP contribution in [0.1, 0.15) is 17.2 Å². The van der Waals surface area contributed by atoms with Crippen LogP contribution in [0, 0.1) is 5.41 Å². The second-order valence-corrected chi connectivity index (χ2v) is 5.26. The minimum absolute atomic E-state index is 0.0826. The second-order valence-electron chi connectivity index (χ2n) is 4.85. The smallest absolute Gasteiger partial charge is 0.330 e. The quantitative estimate of drug-likeness (QED) is 0.420. The molecule has 0 aliphatic carbocycles. The van der Waals surface area contributed by atoms with E-state index >= 15 is 0 Å². The van der Waals surface area contributed by atoms with Crippen molar-refractivity contribution in [1.82, 2.24) is 14.7 Å². The molecule has 1 atom stereocenters. The highest BCUT2D eigenvalue weighted by molar-refractivity contribution is 6.25. The van der Waals surface area contributed by atoms with E-state index in [1.807, 2.05) is 0 Å². The van der Waals surface area contributed by atoms with Crippen molar-refractivity contribution in [3.8, 4) is 0 Å². The summed E-state index contributed by atoms with van der Waals surface area (Å²) in [6.45, 7) is -0.362. The molecule has 0 aliphatic rings. The number of aliphatic carboxylic acids is 1. The molecule has 0 saturated carbocycles. The van der Waals surface area contributed by atoms with Crippen molar-refractivity contribution in [3.05, 3.63) is 66.0 Å². The van der Waals surface area contributed by atoms with Crippen LogP contribution in [-0.4, -0.2) is 38.8 Å². The molecule has 2 aromatic rings. The predicted molar refractivity (Wildman–Crippen MR) is 88.6 cm³/mol. The van der Waals surface area contributed by atoms with Crippen molar-refractivity contribution in [2.45, 2.75) is 6.04 Å². The van der Waals surface area contributed by atoms with E-state index in [2.05, 4.69) is 10.3 Å². The van der Waals surface area contributed by atoms with Crippen LogP contribution >= 0.6 is 11.8 Å². The first-order valence-electron chi connectivity index (χ1n) is 6.98. The first-order chi connectivity index (χ1) is 11.5. The van der Waals surface area contributed by atoms with E-state index in [1.54, 1.807) is 42.5 Å². The fourth-order valence-electron chi connectivity index (χ4n) is 1.99. The molecule has 1 amide bonds. The fraction of sp³-hybridized carbons (Fsp3) is 0.125. The highest BCUT2D eigenvalue weighted by Gasteiger charge is 2.23. The molecule has 0 fully saturated rings. The lowest BCUT2D eigenvalue weighted by Gasteiger charge is -2.19. The third-order valence-electron chi connectivity index (χ3n) is 3.16. The predicted octanol–water partition coefficient (Wildman–Crippen LogP) is 1.80. The van der Waals surface area contributed by atoms with Crippen LogP contribution in [0.2, 0.25) is 0 Å². The highest BCUT2D eigenvalue weighted by atomic mass is 35.5. The summed E-state index contributed by atoms with van der Waals surface area (Å²) in [6.07, 6.45) is 3.01. The third kappa shape index (κ3) is 4.53. The molecule has 0 unspecified atom stereocenters. The van der Waals surface area contributed by atoms with Gasteiger partial charge in [0.05, 0.1) is 0 Å². The summed E-state index contributed by atoms with van der Waals surface area (Å²) in [5.41, 5.74) is 0.939. The number of carbonyl (C=O) groups excluding carboxylic acids is 1. The fourth-order valence-corrected chi connectivity index (χ4v) is 2.20. The van der Waals surface area contributed by atoms with E-state index < -0.39 is 17.9 Å². The number of halogens is 1. The molecule has 1 aromatic carbocycles. The molecule has 0 radical (unpaired) electrons. The van der Waals surface area contributed by atoms with Crippen LogP contribution < -0.4 is 5.32 Å². The average Bonchev–Trinajstić information content (AvgIpc) is 2.60. The molecule has 1 aromatic heterocycles. The van der Waals surface area contributed by atoms with Gasteiger partial charge in [0.15, 0.2) is 6.04 Å². The minimum Gasteiger partial charge on any atom is -0.479 e. The van der Waals surface area contributed by atoms with Gasteiger partial charge in [-0.25, -0.2) is 4.79 Å². The number of nitrogens with one attached hydrogen (secondary N) is 2. The SMILES string of the molecule is N=C(c1ccncc1)N(Cl)CC(=O)N[C@@H](C(=O)O)c1ccccc1. The van der Waals surface area contributed by atoms with Crippen molar-refractivity contribution >= 4 is 29.5 Å². The van der Waals surface area contributed by atoms with Gasteiger partial charge in [-0.2, -0.15) is 0 Å². The minimum atomic E-state index is -1.18. The zero-order valence-electron chi connectivity index (χ0n) is 12.5. The lowest BCUT2D eigenvalue weighted by molar-refractivity contribution is -0.142. The molecule has 24 heavy (non-hydrogen) atoms. The first kappa shape index (κ1) is 17.4. The molecular weight excluding hydrogens is 332 g/mol. The largest absolute Gasteiger partial charge is 0.479 e. The molecular formula is C16H15ClN4O3. The highest BCUT2D eigenvalue weighted by Crippen LogP contribution is 2.13. The van der Waals surface area contributed by atoms with Crippen LogP contribution in [0.4, 0.5) is 0 Å². The zero-order chi connectivity index (χ0) is 17.5. The topological polar surface area (TPSA) is 106 Å². The zero-order valence-corrected chi connectivity index (χ0v) is 13.3. The maximum Gasteiger partial charge on any atom is 0.330 e. The lowest BCUT2D eigenvalue weighted by Crippen LogP contribution is -2.40. The van der Waals surface area contributed by atoms with Gasteiger partial charge in [-0.05, 0) is 17.7 Å². The van der Waals surface area contributed by atoms with Crippen molar-refractivity contribution < 1.29 is 14.7 Å². The number of hydrogen-bond acceptors (Lipinski definition) is 4. The Kier molecular flexibility index (Phi) is 5.86. The maximum absolute atomic E-state index is 12.1. The Hall–Kier alpha value is -2.93. The van der Waals surface area contributed by atoms with Crippen LogP contribution in [0.15, 0.2) is 54.9 Å². The average molecular weight is 347 g/mol. The van der Waals surface area contributed by atoms with E-state index in [9.17, 15) is 14.7 Å². The van der Waals surface area contributed by atoms with Crippen molar-refractivity contribution in [2.24, 2.45) is 0 Å². The Morgan fingerprint density at radius 2 is 1.83 bits per heavy atom. The van der Waals surface area contributed by atoms with E-state index in [1.165, 1.54) is 12.4 Å². The number of carbonyl (C=O) groups is 2. The van der Waals surface area contributed by atoms with Crippen LogP contribution in [0.3, 0.4) is 0 Å². The van der Waals surface area contributed by atoms with E-state index in [4.69, 9.17) is 17.2 Å². The lowest BCUT2D eigenvalue weighted by atomic mass is 10.1. The number of amidine groups is 1. The molecule has 0 aliphatic heterocycles. The molecule has 0 saturated heterocycles. The van der Waals surface area contributed by atoms with Crippen LogP contribution in [0.25, 0.3) is 0 Å².